The van der Waals surface area contributed by atoms with Crippen LogP contribution >= 0.6 is 11.6 Å². The van der Waals surface area contributed by atoms with Crippen molar-refractivity contribution in [1.82, 2.24) is 9.97 Å². The van der Waals surface area contributed by atoms with E-state index in [1.54, 1.807) is 18.5 Å². The second-order valence-corrected chi connectivity index (χ2v) is 6.94. The Morgan fingerprint density at radius 3 is 2.74 bits per heavy atom. The number of benzene rings is 2. The average molecular weight is 385 g/mol. The van der Waals surface area contributed by atoms with Crippen LogP contribution in [0.25, 0.3) is 0 Å². The summed E-state index contributed by atoms with van der Waals surface area (Å²) in [6.07, 6.45) is 5.03. The van der Waals surface area contributed by atoms with E-state index in [1.165, 1.54) is 0 Å². The third-order valence-corrected chi connectivity index (χ3v) is 4.83. The molecule has 2 heterocycles. The Kier molecular flexibility index (Phi) is 5.16. The fraction of sp³-hybridized carbons (Fsp3) is 0.286. The van der Waals surface area contributed by atoms with Crippen LogP contribution in [0.5, 0.6) is 11.5 Å². The molecule has 0 spiro atoms. The third-order valence-electron chi connectivity index (χ3n) is 4.60. The maximum Gasteiger partial charge on any atom is 0.202 e. The van der Waals surface area contributed by atoms with Crippen LogP contribution in [0.1, 0.15) is 24.7 Å². The molecule has 0 aliphatic carbocycles. The fourth-order valence-electron chi connectivity index (χ4n) is 3.17. The Balaban J connectivity index is 1.57. The lowest BCUT2D eigenvalue weighted by Crippen LogP contribution is -2.31. The van der Waals surface area contributed by atoms with Gasteiger partial charge >= 0.3 is 0 Å². The van der Waals surface area contributed by atoms with Gasteiger partial charge < -0.3 is 19.2 Å². The van der Waals surface area contributed by atoms with E-state index in [-0.39, 0.29) is 6.10 Å². The number of aromatic nitrogens is 2. The predicted molar refractivity (Wildman–Crippen MR) is 103 cm³/mol. The van der Waals surface area contributed by atoms with E-state index in [1.807, 2.05) is 42.5 Å². The van der Waals surface area contributed by atoms with Gasteiger partial charge in [-0.2, -0.15) is 0 Å². The molecule has 4 rings (SSSR count). The van der Waals surface area contributed by atoms with Gasteiger partial charge in [-0.05, 0) is 48.9 Å². The first-order valence-corrected chi connectivity index (χ1v) is 9.39. The van der Waals surface area contributed by atoms with Crippen LogP contribution in [0.3, 0.4) is 0 Å². The number of H-pyrrole nitrogens is 1. The molecule has 1 aromatic heterocycles. The molecule has 27 heavy (non-hydrogen) atoms. The number of rotatable bonds is 6. The van der Waals surface area contributed by atoms with E-state index in [0.717, 1.165) is 23.6 Å². The minimum absolute atomic E-state index is 0.0716. The lowest BCUT2D eigenvalue weighted by atomic mass is 10.0. The van der Waals surface area contributed by atoms with Crippen LogP contribution in [0, 0.1) is 0 Å². The summed E-state index contributed by atoms with van der Waals surface area (Å²) in [5, 5.41) is 0.639. The highest BCUT2D eigenvalue weighted by atomic mass is 35.5. The molecule has 1 aliphatic heterocycles. The van der Waals surface area contributed by atoms with Crippen LogP contribution in [-0.4, -0.2) is 22.7 Å². The number of nitrogens with one attached hydrogen (secondary N) is 1. The molecule has 2 atom stereocenters. The van der Waals surface area contributed by atoms with Crippen molar-refractivity contribution in [2.45, 2.75) is 31.7 Å². The molecule has 2 unspecified atom stereocenters. The second-order valence-electron chi connectivity index (χ2n) is 6.51. The van der Waals surface area contributed by atoms with Crippen molar-refractivity contribution >= 4 is 11.6 Å². The first-order chi connectivity index (χ1) is 13.2. The number of hydrogen-bond donors (Lipinski definition) is 1. The van der Waals surface area contributed by atoms with Crippen LogP contribution < -0.4 is 4.74 Å². The Hall–Kier alpha value is -2.34. The minimum Gasteiger partial charge on any atom is -0.457 e. The molecule has 0 saturated carbocycles. The molecule has 0 amide bonds. The van der Waals surface area contributed by atoms with E-state index < -0.39 is 5.79 Å². The maximum absolute atomic E-state index is 6.29. The predicted octanol–water partition coefficient (Wildman–Crippen LogP) is 5.08. The number of ether oxygens (including phenoxy) is 3. The summed E-state index contributed by atoms with van der Waals surface area (Å²) < 4.78 is 18.3. The van der Waals surface area contributed by atoms with Gasteiger partial charge in [0.2, 0.25) is 5.79 Å². The van der Waals surface area contributed by atoms with E-state index in [2.05, 4.69) is 16.9 Å². The van der Waals surface area contributed by atoms with Gasteiger partial charge in [0.1, 0.15) is 17.3 Å². The van der Waals surface area contributed by atoms with Crippen molar-refractivity contribution in [3.05, 3.63) is 77.3 Å². The largest absolute Gasteiger partial charge is 0.457 e. The molecule has 1 fully saturated rings. The van der Waals surface area contributed by atoms with Crippen molar-refractivity contribution in [2.24, 2.45) is 0 Å². The van der Waals surface area contributed by atoms with Gasteiger partial charge in [0.25, 0.3) is 0 Å². The fourth-order valence-corrected chi connectivity index (χ4v) is 3.35. The number of halogens is 1. The van der Waals surface area contributed by atoms with Gasteiger partial charge in [0.15, 0.2) is 0 Å². The van der Waals surface area contributed by atoms with Crippen molar-refractivity contribution in [3.63, 3.8) is 0 Å². The zero-order chi connectivity index (χ0) is 18.7. The quantitative estimate of drug-likeness (QED) is 0.644. The molecular formula is C21H21ClN2O3. The molecule has 140 valence electrons. The Bertz CT molecular complexity index is 883. The highest BCUT2D eigenvalue weighted by Crippen LogP contribution is 2.38. The van der Waals surface area contributed by atoms with E-state index in [0.29, 0.717) is 23.8 Å². The Morgan fingerprint density at radius 1 is 1.22 bits per heavy atom. The average Bonchev–Trinajstić information content (AvgIpc) is 3.33. The number of nitrogens with zero attached hydrogens (tertiary/aromatic N) is 1. The summed E-state index contributed by atoms with van der Waals surface area (Å²) >= 11 is 6.01. The summed E-state index contributed by atoms with van der Waals surface area (Å²) in [5.41, 5.74) is 0.938. The van der Waals surface area contributed by atoms with Gasteiger partial charge in [0.05, 0.1) is 19.1 Å². The topological polar surface area (TPSA) is 56.4 Å². The van der Waals surface area contributed by atoms with Crippen molar-refractivity contribution in [2.75, 3.05) is 6.61 Å². The van der Waals surface area contributed by atoms with Gasteiger partial charge in [-0.25, -0.2) is 4.98 Å². The van der Waals surface area contributed by atoms with Gasteiger partial charge in [-0.1, -0.05) is 24.6 Å². The number of aromatic amines is 1. The first kappa shape index (κ1) is 18.0. The van der Waals surface area contributed by atoms with Crippen molar-refractivity contribution < 1.29 is 14.2 Å². The van der Waals surface area contributed by atoms with E-state index in [9.17, 15) is 0 Å². The molecule has 1 aliphatic rings. The molecular weight excluding hydrogens is 364 g/mol. The van der Waals surface area contributed by atoms with Crippen LogP contribution in [-0.2, 0) is 21.7 Å². The second kappa shape index (κ2) is 7.72. The maximum atomic E-state index is 6.29. The molecule has 1 saturated heterocycles. The molecule has 6 heteroatoms. The Morgan fingerprint density at radius 2 is 2.07 bits per heavy atom. The first-order valence-electron chi connectivity index (χ1n) is 9.01. The van der Waals surface area contributed by atoms with Crippen molar-refractivity contribution in [1.29, 1.82) is 0 Å². The van der Waals surface area contributed by atoms with Crippen LogP contribution in [0.2, 0.25) is 5.02 Å². The Labute approximate surface area is 163 Å². The third kappa shape index (κ3) is 4.00. The van der Waals surface area contributed by atoms with Gasteiger partial charge in [-0.3, -0.25) is 0 Å². The normalized spacial score (nSPS) is 22.1. The summed E-state index contributed by atoms with van der Waals surface area (Å²) in [4.78, 5) is 7.46. The molecule has 2 aromatic carbocycles. The van der Waals surface area contributed by atoms with Crippen LogP contribution in [0.15, 0.2) is 60.9 Å². The van der Waals surface area contributed by atoms with Gasteiger partial charge in [0, 0.05) is 23.0 Å². The highest BCUT2D eigenvalue weighted by molar-refractivity contribution is 6.30. The van der Waals surface area contributed by atoms with Crippen LogP contribution in [0.4, 0.5) is 0 Å². The standard InChI is InChI=1S/C21H21ClN2O3/c1-2-17-14-25-21(27-17,13-20-23-10-11-24-20)15-6-8-18(9-7-15)26-19-5-3-4-16(22)12-19/h3-12,17H,2,13-14H2,1H3,(H,23,24). The lowest BCUT2D eigenvalue weighted by molar-refractivity contribution is -0.177. The van der Waals surface area contributed by atoms with E-state index >= 15 is 0 Å². The highest BCUT2D eigenvalue weighted by Gasteiger charge is 2.43. The molecule has 0 radical (unpaired) electrons. The summed E-state index contributed by atoms with van der Waals surface area (Å²) in [6.45, 7) is 2.66. The molecule has 0 bridgehead atoms. The zero-order valence-electron chi connectivity index (χ0n) is 15.0. The summed E-state index contributed by atoms with van der Waals surface area (Å²) in [6, 6.07) is 15.1. The van der Waals surface area contributed by atoms with Crippen molar-refractivity contribution in [3.8, 4) is 11.5 Å². The molecule has 1 N–H and O–H groups in total. The number of imidazole rings is 1. The zero-order valence-corrected chi connectivity index (χ0v) is 15.8. The summed E-state index contributed by atoms with van der Waals surface area (Å²) in [5.74, 6) is 1.40. The molecule has 5 nitrogen and oxygen atoms in total. The lowest BCUT2D eigenvalue weighted by Gasteiger charge is -2.28. The number of hydrogen-bond acceptors (Lipinski definition) is 4. The SMILES string of the molecule is CCC1COC(Cc2ncc[nH]2)(c2ccc(Oc3cccc(Cl)c3)cc2)O1. The minimum atomic E-state index is -0.840. The monoisotopic (exact) mass is 384 g/mol. The van der Waals surface area contributed by atoms with E-state index in [4.69, 9.17) is 25.8 Å². The summed E-state index contributed by atoms with van der Waals surface area (Å²) in [7, 11) is 0. The molecule has 3 aromatic rings. The van der Waals surface area contributed by atoms with Gasteiger partial charge in [-0.15, -0.1) is 0 Å². The smallest absolute Gasteiger partial charge is 0.202 e.